The number of aromatic nitrogens is 2. The number of hydrogen-bond donors (Lipinski definition) is 3. The van der Waals surface area contributed by atoms with Crippen molar-refractivity contribution in [1.82, 2.24) is 9.55 Å². The second kappa shape index (κ2) is 5.94. The Bertz CT molecular complexity index is 577. The van der Waals surface area contributed by atoms with Gasteiger partial charge in [0.2, 0.25) is 5.95 Å². The molecule has 0 aromatic carbocycles. The Morgan fingerprint density at radius 3 is 3.00 bits per heavy atom. The van der Waals surface area contributed by atoms with E-state index in [1.54, 1.807) is 6.92 Å². The average molecular weight is 304 g/mol. The van der Waals surface area contributed by atoms with Crippen molar-refractivity contribution in [3.05, 3.63) is 22.1 Å². The van der Waals surface area contributed by atoms with Gasteiger partial charge in [0.1, 0.15) is 18.4 Å². The first kappa shape index (κ1) is 15.0. The van der Waals surface area contributed by atoms with E-state index in [9.17, 15) is 14.5 Å². The minimum Gasteiger partial charge on any atom is -0.394 e. The van der Waals surface area contributed by atoms with Crippen molar-refractivity contribution < 1.29 is 23.8 Å². The largest absolute Gasteiger partial charge is 0.695 e. The summed E-state index contributed by atoms with van der Waals surface area (Å²) in [5.41, 5.74) is 5.63. The van der Waals surface area contributed by atoms with Crippen LogP contribution in [0.1, 0.15) is 18.2 Å². The molecular formula is C10H15N3O6P+. The summed E-state index contributed by atoms with van der Waals surface area (Å²) in [5, 5.41) is 9.19. The topological polar surface area (TPSA) is 137 Å². The van der Waals surface area contributed by atoms with Crippen LogP contribution in [0.3, 0.4) is 0 Å². The molecule has 9 nitrogen and oxygen atoms in total. The fourth-order valence-electron chi connectivity index (χ4n) is 2.07. The van der Waals surface area contributed by atoms with Gasteiger partial charge in [0, 0.05) is 22.7 Å². The van der Waals surface area contributed by atoms with Gasteiger partial charge in [-0.25, -0.2) is 0 Å². The van der Waals surface area contributed by atoms with Crippen molar-refractivity contribution in [1.29, 1.82) is 0 Å². The molecule has 0 bridgehead atoms. The highest BCUT2D eigenvalue weighted by molar-refractivity contribution is 7.32. The Morgan fingerprint density at radius 1 is 1.70 bits per heavy atom. The van der Waals surface area contributed by atoms with E-state index in [4.69, 9.17) is 19.9 Å². The van der Waals surface area contributed by atoms with Gasteiger partial charge in [0.05, 0.1) is 6.61 Å². The lowest BCUT2D eigenvalue weighted by molar-refractivity contribution is -0.0404. The molecular weight excluding hydrogens is 289 g/mol. The number of hydrogen-bond acceptors (Lipinski definition) is 7. The molecule has 0 aliphatic carbocycles. The van der Waals surface area contributed by atoms with Crippen molar-refractivity contribution in [2.45, 2.75) is 31.8 Å². The third kappa shape index (κ3) is 3.02. The van der Waals surface area contributed by atoms with E-state index in [-0.39, 0.29) is 19.0 Å². The lowest BCUT2D eigenvalue weighted by Crippen LogP contribution is -2.26. The van der Waals surface area contributed by atoms with E-state index in [1.807, 2.05) is 0 Å². The second-order valence-corrected chi connectivity index (χ2v) is 5.11. The monoisotopic (exact) mass is 304 g/mol. The Labute approximate surface area is 114 Å². The molecule has 10 heteroatoms. The minimum absolute atomic E-state index is 0.0312. The molecule has 4 N–H and O–H groups in total. The van der Waals surface area contributed by atoms with Crippen LogP contribution in [-0.2, 0) is 13.8 Å². The second-order valence-electron chi connectivity index (χ2n) is 4.42. The van der Waals surface area contributed by atoms with E-state index in [0.717, 1.165) is 0 Å². The summed E-state index contributed by atoms with van der Waals surface area (Å²) < 4.78 is 22.5. The number of nitrogens with two attached hydrogens (primary N) is 1. The number of nitrogens with zero attached hydrogens (tertiary/aromatic N) is 2. The predicted octanol–water partition coefficient (Wildman–Crippen LogP) is -0.551. The Balaban J connectivity index is 2.25. The summed E-state index contributed by atoms with van der Waals surface area (Å²) in [6.45, 7) is 1.22. The lowest BCUT2D eigenvalue weighted by atomic mass is 10.2. The number of rotatable bonds is 4. The Morgan fingerprint density at radius 2 is 2.40 bits per heavy atom. The van der Waals surface area contributed by atoms with Crippen LogP contribution in [0, 0.1) is 6.92 Å². The molecule has 1 aromatic heterocycles. The molecule has 2 heterocycles. The molecule has 110 valence electrons. The van der Waals surface area contributed by atoms with Crippen molar-refractivity contribution >= 4 is 14.2 Å². The van der Waals surface area contributed by atoms with Crippen LogP contribution in [0.5, 0.6) is 0 Å². The van der Waals surface area contributed by atoms with Crippen LogP contribution in [0.2, 0.25) is 0 Å². The van der Waals surface area contributed by atoms with Crippen LogP contribution in [-0.4, -0.2) is 38.4 Å². The highest BCUT2D eigenvalue weighted by Crippen LogP contribution is 2.35. The van der Waals surface area contributed by atoms with Gasteiger partial charge in [-0.3, -0.25) is 9.36 Å². The van der Waals surface area contributed by atoms with Crippen molar-refractivity contribution in [2.75, 3.05) is 12.3 Å². The molecule has 0 radical (unpaired) electrons. The first-order valence-corrected chi connectivity index (χ1v) is 7.00. The fraction of sp³-hybridized carbons (Fsp3) is 0.600. The van der Waals surface area contributed by atoms with Gasteiger partial charge >= 0.3 is 8.25 Å². The van der Waals surface area contributed by atoms with E-state index in [1.165, 1.54) is 10.8 Å². The van der Waals surface area contributed by atoms with Crippen molar-refractivity contribution in [3.63, 3.8) is 0 Å². The SMILES string of the molecule is Cc1cn([C@H]2CC(O[P+](=O)O)[C@@H](CO)O2)c(N)nc1=O. The zero-order chi connectivity index (χ0) is 14.9. The van der Waals surface area contributed by atoms with Gasteiger partial charge in [-0.2, -0.15) is 4.98 Å². The molecule has 1 aliphatic heterocycles. The smallest absolute Gasteiger partial charge is 0.394 e. The van der Waals surface area contributed by atoms with E-state index in [2.05, 4.69) is 4.98 Å². The maximum atomic E-state index is 11.4. The van der Waals surface area contributed by atoms with Crippen LogP contribution >= 0.6 is 8.25 Å². The summed E-state index contributed by atoms with van der Waals surface area (Å²) in [7, 11) is -2.80. The van der Waals surface area contributed by atoms with Crippen LogP contribution in [0.4, 0.5) is 5.95 Å². The summed E-state index contributed by atoms with van der Waals surface area (Å²) in [6.07, 6.45) is -0.409. The zero-order valence-corrected chi connectivity index (χ0v) is 11.6. The Kier molecular flexibility index (Phi) is 4.46. The Hall–Kier alpha value is -1.38. The van der Waals surface area contributed by atoms with Gasteiger partial charge in [0.15, 0.2) is 0 Å². The zero-order valence-electron chi connectivity index (χ0n) is 10.7. The van der Waals surface area contributed by atoms with Crippen LogP contribution < -0.4 is 11.3 Å². The molecule has 1 aromatic rings. The third-order valence-electron chi connectivity index (χ3n) is 3.05. The van der Waals surface area contributed by atoms with E-state index < -0.39 is 32.2 Å². The predicted molar refractivity (Wildman–Crippen MR) is 68.0 cm³/mol. The van der Waals surface area contributed by atoms with Crippen LogP contribution in [0.15, 0.2) is 11.0 Å². The first-order chi connectivity index (χ1) is 9.42. The number of aryl methyl sites for hydroxylation is 1. The first-order valence-electron chi connectivity index (χ1n) is 5.87. The standard InChI is InChI=1S/C10H14N3O6P/c1-5-3-13(10(11)12-9(5)15)8-2-6(19-20(16)17)7(4-14)18-8/h3,6-8,14H,2,4H2,1H3,(H2-,11,12,15,16,17)/p+1/t6?,7-,8-/m1/s1. The fourth-order valence-corrected chi connectivity index (χ4v) is 2.53. The quantitative estimate of drug-likeness (QED) is 0.630. The van der Waals surface area contributed by atoms with Gasteiger partial charge < -0.3 is 15.6 Å². The van der Waals surface area contributed by atoms with Gasteiger partial charge in [-0.15, -0.1) is 9.42 Å². The lowest BCUT2D eigenvalue weighted by Gasteiger charge is -2.17. The van der Waals surface area contributed by atoms with Gasteiger partial charge in [-0.05, 0) is 6.92 Å². The minimum atomic E-state index is -2.80. The molecule has 1 aliphatic rings. The molecule has 4 atom stereocenters. The maximum Gasteiger partial charge on any atom is 0.695 e. The van der Waals surface area contributed by atoms with Crippen molar-refractivity contribution in [3.8, 4) is 0 Å². The highest BCUT2D eigenvalue weighted by Gasteiger charge is 2.42. The molecule has 20 heavy (non-hydrogen) atoms. The molecule has 0 spiro atoms. The number of nitrogen functional groups attached to an aromatic ring is 1. The summed E-state index contributed by atoms with van der Waals surface area (Å²) >= 11 is 0. The molecule has 0 saturated carbocycles. The van der Waals surface area contributed by atoms with Gasteiger partial charge in [0.25, 0.3) is 5.56 Å². The molecule has 1 fully saturated rings. The van der Waals surface area contributed by atoms with Crippen molar-refractivity contribution in [2.24, 2.45) is 0 Å². The average Bonchev–Trinajstić information content (AvgIpc) is 2.75. The van der Waals surface area contributed by atoms with Gasteiger partial charge in [-0.1, -0.05) is 0 Å². The molecule has 1 saturated heterocycles. The van der Waals surface area contributed by atoms with E-state index >= 15 is 0 Å². The normalized spacial score (nSPS) is 26.8. The van der Waals surface area contributed by atoms with Crippen LogP contribution in [0.25, 0.3) is 0 Å². The number of anilines is 1. The molecule has 0 amide bonds. The van der Waals surface area contributed by atoms with E-state index in [0.29, 0.717) is 5.56 Å². The summed E-state index contributed by atoms with van der Waals surface area (Å²) in [4.78, 5) is 23.8. The number of aliphatic hydroxyl groups is 1. The summed E-state index contributed by atoms with van der Waals surface area (Å²) in [5.74, 6) is -0.0312. The number of aliphatic hydroxyl groups excluding tert-OH is 1. The number of ether oxygens (including phenoxy) is 1. The third-order valence-corrected chi connectivity index (χ3v) is 3.50. The highest BCUT2D eigenvalue weighted by atomic mass is 31.1. The summed E-state index contributed by atoms with van der Waals surface area (Å²) in [6, 6.07) is 0. The maximum absolute atomic E-state index is 11.4. The molecule has 2 unspecified atom stereocenters. The molecule has 2 rings (SSSR count).